The molecule has 0 atom stereocenters. The number of nitrogens with one attached hydrogen (secondary N) is 1. The second-order valence-corrected chi connectivity index (χ2v) is 5.85. The third kappa shape index (κ3) is 3.76. The molecule has 0 unspecified atom stereocenters. The molecule has 21 heavy (non-hydrogen) atoms. The second-order valence-electron chi connectivity index (χ2n) is 4.87. The molecule has 0 radical (unpaired) electrons. The van der Waals surface area contributed by atoms with E-state index in [1.165, 1.54) is 0 Å². The molecule has 2 heterocycles. The zero-order chi connectivity index (χ0) is 15.4. The second kappa shape index (κ2) is 6.63. The van der Waals surface area contributed by atoms with Crippen LogP contribution < -0.4 is 5.32 Å². The van der Waals surface area contributed by atoms with E-state index >= 15 is 0 Å². The lowest BCUT2D eigenvalue weighted by atomic mass is 10.2. The van der Waals surface area contributed by atoms with Crippen molar-refractivity contribution >= 4 is 33.1 Å². The van der Waals surface area contributed by atoms with Crippen molar-refractivity contribution in [3.05, 3.63) is 40.8 Å². The fourth-order valence-electron chi connectivity index (χ4n) is 1.81. The van der Waals surface area contributed by atoms with E-state index in [2.05, 4.69) is 27.2 Å². The van der Waals surface area contributed by atoms with Gasteiger partial charge in [0.2, 0.25) is 0 Å². The molecule has 0 spiro atoms. The van der Waals surface area contributed by atoms with Crippen molar-refractivity contribution in [3.63, 3.8) is 0 Å². The predicted octanol–water partition coefficient (Wildman–Crippen LogP) is 4.29. The minimum atomic E-state index is 0.861. The Morgan fingerprint density at radius 2 is 2.00 bits per heavy atom. The van der Waals surface area contributed by atoms with Gasteiger partial charge in [-0.3, -0.25) is 0 Å². The summed E-state index contributed by atoms with van der Waals surface area (Å²) < 4.78 is 0. The summed E-state index contributed by atoms with van der Waals surface area (Å²) in [4.78, 5) is 14.4. The number of aryl methyl sites for hydroxylation is 1. The van der Waals surface area contributed by atoms with E-state index < -0.39 is 0 Å². The molecule has 5 heteroatoms. The Morgan fingerprint density at radius 1 is 1.24 bits per heavy atom. The smallest absolute Gasteiger partial charge is 0.144 e. The number of amidine groups is 1. The van der Waals surface area contributed by atoms with Crippen molar-refractivity contribution in [3.8, 4) is 0 Å². The molecule has 2 aromatic rings. The topological polar surface area (TPSA) is 50.2 Å². The molecule has 0 aromatic carbocycles. The summed E-state index contributed by atoms with van der Waals surface area (Å²) in [7, 11) is 0. The first kappa shape index (κ1) is 15.4. The number of aliphatic imine (C=N–C) groups is 1. The van der Waals surface area contributed by atoms with E-state index in [1.54, 1.807) is 17.5 Å². The van der Waals surface area contributed by atoms with Crippen molar-refractivity contribution in [1.29, 1.82) is 0 Å². The first-order valence-corrected chi connectivity index (χ1v) is 7.67. The van der Waals surface area contributed by atoms with Gasteiger partial charge in [0.25, 0.3) is 0 Å². The first-order chi connectivity index (χ1) is 10.0. The fraction of sp³-hybridized carbons (Fsp3) is 0.312. The summed E-state index contributed by atoms with van der Waals surface area (Å²) in [5.74, 6) is 0.861. The summed E-state index contributed by atoms with van der Waals surface area (Å²) in [5, 5.41) is 4.29. The van der Waals surface area contributed by atoms with Crippen LogP contribution in [0, 0.1) is 6.92 Å². The number of allylic oxidation sites excluding steroid dienone is 3. The number of hydrogen-bond donors (Lipinski definition) is 1. The van der Waals surface area contributed by atoms with Gasteiger partial charge in [-0.2, -0.15) is 0 Å². The molecule has 0 amide bonds. The molecule has 2 rings (SSSR count). The SMILES string of the molecule is C/C=C\N=C(C)N/C(C)=C(\C)c1nc2ccc(C)nc2s1. The molecule has 2 aromatic heterocycles. The number of rotatable bonds is 3. The third-order valence-electron chi connectivity index (χ3n) is 3.06. The van der Waals surface area contributed by atoms with Crippen LogP contribution in [0.1, 0.15) is 38.4 Å². The maximum absolute atomic E-state index is 4.65. The summed E-state index contributed by atoms with van der Waals surface area (Å²) in [6, 6.07) is 4.01. The Bertz CT molecular complexity index is 738. The highest BCUT2D eigenvalue weighted by Crippen LogP contribution is 2.27. The van der Waals surface area contributed by atoms with Gasteiger partial charge in [0.05, 0.1) is 0 Å². The molecule has 0 saturated heterocycles. The average Bonchev–Trinajstić information content (AvgIpc) is 2.86. The zero-order valence-corrected chi connectivity index (χ0v) is 13.9. The van der Waals surface area contributed by atoms with Crippen molar-refractivity contribution in [1.82, 2.24) is 15.3 Å². The van der Waals surface area contributed by atoms with Crippen LogP contribution in [-0.4, -0.2) is 15.8 Å². The van der Waals surface area contributed by atoms with Crippen LogP contribution in [0.15, 0.2) is 35.1 Å². The van der Waals surface area contributed by atoms with Gasteiger partial charge in [-0.15, -0.1) is 0 Å². The molecule has 1 N–H and O–H groups in total. The highest BCUT2D eigenvalue weighted by atomic mass is 32.1. The minimum absolute atomic E-state index is 0.861. The minimum Gasteiger partial charge on any atom is -0.347 e. The Kier molecular flexibility index (Phi) is 4.85. The van der Waals surface area contributed by atoms with E-state index in [1.807, 2.05) is 45.9 Å². The summed E-state index contributed by atoms with van der Waals surface area (Å²) >= 11 is 1.62. The van der Waals surface area contributed by atoms with Crippen molar-refractivity contribution in [2.45, 2.75) is 34.6 Å². The summed E-state index contributed by atoms with van der Waals surface area (Å²) in [6.45, 7) is 9.99. The highest BCUT2D eigenvalue weighted by Gasteiger charge is 2.09. The molecule has 4 nitrogen and oxygen atoms in total. The molecule has 0 fully saturated rings. The number of pyridine rings is 1. The summed E-state index contributed by atoms with van der Waals surface area (Å²) in [5.41, 5.74) is 4.14. The lowest BCUT2D eigenvalue weighted by Gasteiger charge is -2.08. The van der Waals surface area contributed by atoms with Crippen molar-refractivity contribution in [2.24, 2.45) is 4.99 Å². The maximum atomic E-state index is 4.65. The Morgan fingerprint density at radius 3 is 2.71 bits per heavy atom. The van der Waals surface area contributed by atoms with E-state index in [4.69, 9.17) is 0 Å². The Hall–Kier alpha value is -2.01. The average molecular weight is 300 g/mol. The van der Waals surface area contributed by atoms with Gasteiger partial charge in [0.15, 0.2) is 0 Å². The van der Waals surface area contributed by atoms with Gasteiger partial charge in [-0.05, 0) is 46.8 Å². The largest absolute Gasteiger partial charge is 0.347 e. The maximum Gasteiger partial charge on any atom is 0.144 e. The molecule has 0 aliphatic rings. The van der Waals surface area contributed by atoms with Crippen LogP contribution in [0.25, 0.3) is 15.9 Å². The summed E-state index contributed by atoms with van der Waals surface area (Å²) in [6.07, 6.45) is 3.67. The van der Waals surface area contributed by atoms with E-state index in [-0.39, 0.29) is 0 Å². The van der Waals surface area contributed by atoms with Gasteiger partial charge in [-0.1, -0.05) is 17.4 Å². The van der Waals surface area contributed by atoms with Crippen molar-refractivity contribution in [2.75, 3.05) is 0 Å². The van der Waals surface area contributed by atoms with Gasteiger partial charge < -0.3 is 5.32 Å². The van der Waals surface area contributed by atoms with Crippen LogP contribution in [0.4, 0.5) is 0 Å². The predicted molar refractivity (Wildman–Crippen MR) is 91.5 cm³/mol. The lowest BCUT2D eigenvalue weighted by Crippen LogP contribution is -2.18. The number of hydrogen-bond acceptors (Lipinski definition) is 4. The third-order valence-corrected chi connectivity index (χ3v) is 4.15. The first-order valence-electron chi connectivity index (χ1n) is 6.86. The number of aromatic nitrogens is 2. The van der Waals surface area contributed by atoms with Crippen LogP contribution in [0.5, 0.6) is 0 Å². The standard InChI is InChI=1S/C16H20N4S/c1-6-9-17-13(5)19-12(4)11(3)15-20-14-8-7-10(2)18-16(14)21-15/h6-9H,1-5H3,(H,17,19)/b9-6-,12-11+. The molecule has 0 aliphatic carbocycles. The van der Waals surface area contributed by atoms with Gasteiger partial charge >= 0.3 is 0 Å². The van der Waals surface area contributed by atoms with Crippen LogP contribution in [0.3, 0.4) is 0 Å². The number of fused-ring (bicyclic) bond motifs is 1. The molecule has 0 saturated carbocycles. The fourth-order valence-corrected chi connectivity index (χ4v) is 2.86. The van der Waals surface area contributed by atoms with E-state index in [9.17, 15) is 0 Å². The molecular formula is C16H20N4S. The van der Waals surface area contributed by atoms with Gasteiger partial charge in [0.1, 0.15) is 21.2 Å². The molecular weight excluding hydrogens is 280 g/mol. The van der Waals surface area contributed by atoms with Gasteiger partial charge in [-0.25, -0.2) is 15.0 Å². The molecule has 0 bridgehead atoms. The van der Waals surface area contributed by atoms with E-state index in [0.29, 0.717) is 0 Å². The number of thiazole rings is 1. The molecule has 0 aliphatic heterocycles. The Balaban J connectivity index is 2.31. The van der Waals surface area contributed by atoms with Crippen molar-refractivity contribution < 1.29 is 0 Å². The van der Waals surface area contributed by atoms with Crippen LogP contribution in [0.2, 0.25) is 0 Å². The normalized spacial score (nSPS) is 13.9. The van der Waals surface area contributed by atoms with Crippen LogP contribution in [-0.2, 0) is 0 Å². The Labute approximate surface area is 129 Å². The zero-order valence-electron chi connectivity index (χ0n) is 13.1. The highest BCUT2D eigenvalue weighted by molar-refractivity contribution is 7.19. The quantitative estimate of drug-likeness (QED) is 0.679. The monoisotopic (exact) mass is 300 g/mol. The molecule has 110 valence electrons. The van der Waals surface area contributed by atoms with Gasteiger partial charge in [0, 0.05) is 23.2 Å². The lowest BCUT2D eigenvalue weighted by molar-refractivity contribution is 1.10. The van der Waals surface area contributed by atoms with Crippen LogP contribution >= 0.6 is 11.3 Å². The van der Waals surface area contributed by atoms with E-state index in [0.717, 1.165) is 38.2 Å². The number of nitrogens with zero attached hydrogens (tertiary/aromatic N) is 3.